The summed E-state index contributed by atoms with van der Waals surface area (Å²) >= 11 is 7.64. The van der Waals surface area contributed by atoms with E-state index in [1.165, 1.54) is 40.7 Å². The number of fused-ring (bicyclic) bond motifs is 2. The zero-order valence-electron chi connectivity index (χ0n) is 33.3. The molecule has 0 saturated carbocycles. The van der Waals surface area contributed by atoms with Crippen molar-refractivity contribution >= 4 is 67.3 Å². The van der Waals surface area contributed by atoms with E-state index in [4.69, 9.17) is 16.3 Å². The standard InChI is InChI=1S/C44H47ClN6O6S2/c1-4-28-19-37-39(51(53)54)22-35(23-41(37)58-27-28)59(55,56)48-43(52)36-10-9-33(21-40(36)57-34-20-30-12-14-46-42(30)47-25-34)50-17-15-49(16-18-50)26-31-11-13-44(2,3)24-38(31)29-5-7-32(45)8-6-29/h5-10,12,14,20-23,25,28H,4,11,13,15-19,24,26-27H2,1-3H3,(H,46,47)(H,48,52)/t28-/m1/s1. The lowest BCUT2D eigenvalue weighted by molar-refractivity contribution is -0.386. The van der Waals surface area contributed by atoms with Crippen LogP contribution in [0.3, 0.4) is 0 Å². The molecule has 3 aliphatic rings. The van der Waals surface area contributed by atoms with Gasteiger partial charge in [0.1, 0.15) is 17.1 Å². The number of hydrogen-bond donors (Lipinski definition) is 2. The number of piperazine rings is 1. The van der Waals surface area contributed by atoms with Crippen molar-refractivity contribution in [1.29, 1.82) is 0 Å². The SMILES string of the molecule is CC[C@H]1CSc2cc(S(=O)(=O)NC(=O)c3ccc(N4CCN(CC5=C(c6ccc(Cl)cc6)CC(C)(C)CC5)CC4)cc3Oc3cnc4[nH]ccc4c3)cc([N+](=O)[O-])c2C1. The van der Waals surface area contributed by atoms with Gasteiger partial charge in [0.2, 0.25) is 0 Å². The Morgan fingerprint density at radius 1 is 1.08 bits per heavy atom. The zero-order chi connectivity index (χ0) is 41.5. The van der Waals surface area contributed by atoms with Crippen LogP contribution in [0, 0.1) is 21.4 Å². The van der Waals surface area contributed by atoms with Crippen LogP contribution in [0.4, 0.5) is 11.4 Å². The number of aromatic amines is 1. The van der Waals surface area contributed by atoms with Crippen LogP contribution in [0.15, 0.2) is 94.5 Å². The number of nitro groups is 1. The molecule has 2 N–H and O–H groups in total. The molecule has 1 atom stereocenters. The number of aromatic nitrogens is 2. The first kappa shape index (κ1) is 40.9. The van der Waals surface area contributed by atoms with Crippen LogP contribution in [0.5, 0.6) is 11.5 Å². The molecule has 2 aromatic heterocycles. The predicted molar refractivity (Wildman–Crippen MR) is 233 cm³/mol. The summed E-state index contributed by atoms with van der Waals surface area (Å²) in [6, 6.07) is 19.4. The summed E-state index contributed by atoms with van der Waals surface area (Å²) in [5.74, 6) is 0.571. The Hall–Kier alpha value is -4.89. The van der Waals surface area contributed by atoms with E-state index in [0.717, 1.165) is 86.3 Å². The Morgan fingerprint density at radius 2 is 1.86 bits per heavy atom. The number of pyridine rings is 1. The van der Waals surface area contributed by atoms with Gasteiger partial charge in [0.15, 0.2) is 0 Å². The smallest absolute Gasteiger partial charge is 0.275 e. The number of carbonyl (C=O) groups excluding carboxylic acids is 1. The third kappa shape index (κ3) is 9.01. The highest BCUT2D eigenvalue weighted by Crippen LogP contribution is 2.44. The van der Waals surface area contributed by atoms with Crippen LogP contribution in [-0.4, -0.2) is 72.6 Å². The first-order valence-electron chi connectivity index (χ1n) is 20.0. The molecule has 8 rings (SSSR count). The van der Waals surface area contributed by atoms with Gasteiger partial charge in [0, 0.05) is 83.4 Å². The van der Waals surface area contributed by atoms with Crippen molar-refractivity contribution in [1.82, 2.24) is 19.6 Å². The second-order valence-electron chi connectivity index (χ2n) is 16.5. The fraction of sp³-hybridized carbons (Fsp3) is 0.364. The van der Waals surface area contributed by atoms with E-state index in [-0.39, 0.29) is 33.2 Å². The average molecular weight is 855 g/mol. The monoisotopic (exact) mass is 854 g/mol. The number of hydrogen-bond acceptors (Lipinski definition) is 10. The normalized spacial score (nSPS) is 18.4. The number of carbonyl (C=O) groups is 1. The number of allylic oxidation sites excluding steroid dienone is 1. The van der Waals surface area contributed by atoms with Crippen LogP contribution < -0.4 is 14.4 Å². The van der Waals surface area contributed by atoms with Gasteiger partial charge in [-0.15, -0.1) is 11.8 Å². The number of nitrogens with one attached hydrogen (secondary N) is 2. The second kappa shape index (κ2) is 16.6. The van der Waals surface area contributed by atoms with E-state index in [2.05, 4.69) is 50.5 Å². The third-order valence-electron chi connectivity index (χ3n) is 11.8. The van der Waals surface area contributed by atoms with Gasteiger partial charge in [-0.3, -0.25) is 19.8 Å². The van der Waals surface area contributed by atoms with Gasteiger partial charge in [0.25, 0.3) is 21.6 Å². The number of ether oxygens (including phenoxy) is 1. The molecule has 0 unspecified atom stereocenters. The minimum Gasteiger partial charge on any atom is -0.455 e. The lowest BCUT2D eigenvalue weighted by Gasteiger charge is -2.39. The van der Waals surface area contributed by atoms with Gasteiger partial charge in [-0.25, -0.2) is 18.1 Å². The number of anilines is 1. The molecule has 0 radical (unpaired) electrons. The molecule has 5 aromatic rings. The van der Waals surface area contributed by atoms with Crippen molar-refractivity contribution in [3.63, 3.8) is 0 Å². The molecular formula is C44H47ClN6O6S2. The van der Waals surface area contributed by atoms with Crippen LogP contribution in [-0.2, 0) is 16.4 Å². The lowest BCUT2D eigenvalue weighted by Crippen LogP contribution is -2.47. The van der Waals surface area contributed by atoms with Crippen LogP contribution in [0.2, 0.25) is 5.02 Å². The second-order valence-corrected chi connectivity index (χ2v) is 19.6. The first-order valence-corrected chi connectivity index (χ1v) is 22.8. The maximum absolute atomic E-state index is 13.9. The molecule has 308 valence electrons. The number of H-pyrrole nitrogens is 1. The topological polar surface area (TPSA) is 151 Å². The predicted octanol–water partition coefficient (Wildman–Crippen LogP) is 9.50. The number of benzene rings is 3. The van der Waals surface area contributed by atoms with E-state index in [9.17, 15) is 23.3 Å². The van der Waals surface area contributed by atoms with Crippen LogP contribution in [0.25, 0.3) is 16.6 Å². The molecule has 59 heavy (non-hydrogen) atoms. The molecule has 1 fully saturated rings. The molecule has 1 saturated heterocycles. The van der Waals surface area contributed by atoms with Crippen molar-refractivity contribution in [3.8, 4) is 11.5 Å². The van der Waals surface area contributed by atoms with E-state index < -0.39 is 20.9 Å². The minimum atomic E-state index is -4.52. The highest BCUT2D eigenvalue weighted by Gasteiger charge is 2.32. The van der Waals surface area contributed by atoms with Crippen molar-refractivity contribution < 1.29 is 22.9 Å². The quantitative estimate of drug-likeness (QED) is 0.0972. The van der Waals surface area contributed by atoms with Crippen molar-refractivity contribution in [2.45, 2.75) is 62.7 Å². The van der Waals surface area contributed by atoms with E-state index in [1.54, 1.807) is 30.5 Å². The Kier molecular flexibility index (Phi) is 11.5. The number of rotatable bonds is 11. The van der Waals surface area contributed by atoms with Gasteiger partial charge in [-0.1, -0.05) is 56.5 Å². The molecule has 2 aliphatic heterocycles. The van der Waals surface area contributed by atoms with E-state index in [1.807, 2.05) is 25.1 Å². The number of nitro benzene ring substituents is 1. The minimum absolute atomic E-state index is 0.0142. The Labute approximate surface area is 353 Å². The van der Waals surface area contributed by atoms with E-state index >= 15 is 0 Å². The molecule has 0 spiro atoms. The molecule has 15 heteroatoms. The van der Waals surface area contributed by atoms with Crippen LogP contribution in [0.1, 0.15) is 67.9 Å². The summed E-state index contributed by atoms with van der Waals surface area (Å²) in [7, 11) is -4.52. The molecular weight excluding hydrogens is 808 g/mol. The van der Waals surface area contributed by atoms with Crippen molar-refractivity contribution in [2.24, 2.45) is 11.3 Å². The maximum Gasteiger partial charge on any atom is 0.275 e. The zero-order valence-corrected chi connectivity index (χ0v) is 35.7. The van der Waals surface area contributed by atoms with Crippen molar-refractivity contribution in [2.75, 3.05) is 43.4 Å². The van der Waals surface area contributed by atoms with Gasteiger partial charge in [0.05, 0.1) is 21.6 Å². The summed E-state index contributed by atoms with van der Waals surface area (Å²) in [5, 5.41) is 13.7. The Balaban J connectivity index is 1.04. The number of amides is 1. The fourth-order valence-corrected chi connectivity index (χ4v) is 10.8. The average Bonchev–Trinajstić information content (AvgIpc) is 3.69. The summed E-state index contributed by atoms with van der Waals surface area (Å²) in [4.78, 5) is 37.9. The van der Waals surface area contributed by atoms with Gasteiger partial charge in [-0.2, -0.15) is 0 Å². The Bertz CT molecular complexity index is 2570. The number of thioether (sulfide) groups is 1. The molecule has 12 nitrogen and oxygen atoms in total. The largest absolute Gasteiger partial charge is 0.455 e. The lowest BCUT2D eigenvalue weighted by atomic mass is 9.72. The summed E-state index contributed by atoms with van der Waals surface area (Å²) < 4.78 is 36.1. The maximum atomic E-state index is 13.9. The van der Waals surface area contributed by atoms with Gasteiger partial charge >= 0.3 is 0 Å². The fourth-order valence-electron chi connectivity index (χ4n) is 8.29. The molecule has 0 bridgehead atoms. The van der Waals surface area contributed by atoms with Crippen molar-refractivity contribution in [3.05, 3.63) is 117 Å². The summed E-state index contributed by atoms with van der Waals surface area (Å²) in [5.41, 5.74) is 6.10. The Morgan fingerprint density at radius 3 is 2.61 bits per heavy atom. The van der Waals surface area contributed by atoms with Gasteiger partial charge < -0.3 is 14.6 Å². The van der Waals surface area contributed by atoms with Crippen LogP contribution >= 0.6 is 23.4 Å². The van der Waals surface area contributed by atoms with E-state index in [0.29, 0.717) is 28.3 Å². The highest BCUT2D eigenvalue weighted by atomic mass is 35.5. The summed E-state index contributed by atoms with van der Waals surface area (Å²) in [6.07, 6.45) is 7.87. The number of sulfonamides is 1. The molecule has 3 aromatic carbocycles. The molecule has 1 amide bonds. The number of nitrogens with zero attached hydrogens (tertiary/aromatic N) is 4. The molecule has 1 aliphatic carbocycles. The first-order chi connectivity index (χ1) is 28.2. The number of halogens is 1. The summed E-state index contributed by atoms with van der Waals surface area (Å²) in [6.45, 7) is 10.7. The molecule has 4 heterocycles. The van der Waals surface area contributed by atoms with Gasteiger partial charge in [-0.05, 0) is 90.6 Å². The third-order valence-corrected chi connectivity index (χ3v) is 14.7. The highest BCUT2D eigenvalue weighted by molar-refractivity contribution is 7.99.